The van der Waals surface area contributed by atoms with Gasteiger partial charge in [-0.15, -0.1) is 0 Å². The number of hydrogen-bond donors (Lipinski definition) is 0. The first kappa shape index (κ1) is 9.34. The normalized spacial score (nSPS) is 33.7. The van der Waals surface area contributed by atoms with E-state index in [1.807, 2.05) is 18.3 Å². The van der Waals surface area contributed by atoms with Crippen LogP contribution in [-0.2, 0) is 4.79 Å². The Balaban J connectivity index is 1.90. The Morgan fingerprint density at radius 3 is 2.67 bits per heavy atom. The summed E-state index contributed by atoms with van der Waals surface area (Å²) in [5.41, 5.74) is 1.18. The van der Waals surface area contributed by atoms with Gasteiger partial charge in [-0.3, -0.25) is 4.79 Å². The summed E-state index contributed by atoms with van der Waals surface area (Å²) in [7, 11) is 0. The lowest BCUT2D eigenvalue weighted by molar-refractivity contribution is -0.122. The molecule has 0 aromatic carbocycles. The zero-order valence-electron chi connectivity index (χ0n) is 8.32. The second kappa shape index (κ2) is 3.31. The molecule has 0 spiro atoms. The molecule has 2 fully saturated rings. The molecular weight excluding hydrogens is 210 g/mol. The van der Waals surface area contributed by atoms with Crippen molar-refractivity contribution in [3.8, 4) is 0 Å². The smallest absolute Gasteiger partial charge is 0.136 e. The van der Waals surface area contributed by atoms with Gasteiger partial charge in [0, 0.05) is 18.5 Å². The first-order valence-electron chi connectivity index (χ1n) is 5.38. The van der Waals surface area contributed by atoms with Crippen molar-refractivity contribution in [1.82, 2.24) is 4.98 Å². The Hall–Kier alpha value is -0.890. The van der Waals surface area contributed by atoms with Crippen LogP contribution >= 0.6 is 11.6 Å². The number of ketones is 1. The standard InChI is InChI=1S/C12H12ClNO/c13-12-2-1-8(6-14-12)9-3-7-4-10(9)11(15)5-7/h1-2,6-7,9-10H,3-5H2. The van der Waals surface area contributed by atoms with Crippen molar-refractivity contribution in [2.75, 3.05) is 0 Å². The number of Topliss-reactive ketones (excluding diaryl/α,β-unsaturated/α-hetero) is 1. The SMILES string of the molecule is O=C1CC2CC1C(c1ccc(Cl)nc1)C2. The van der Waals surface area contributed by atoms with Gasteiger partial charge in [-0.05, 0) is 36.3 Å². The highest BCUT2D eigenvalue weighted by Gasteiger charge is 2.45. The molecule has 78 valence electrons. The first-order chi connectivity index (χ1) is 7.24. The van der Waals surface area contributed by atoms with Gasteiger partial charge in [0.25, 0.3) is 0 Å². The molecule has 1 aromatic rings. The monoisotopic (exact) mass is 221 g/mol. The van der Waals surface area contributed by atoms with Gasteiger partial charge in [0.05, 0.1) is 0 Å². The fourth-order valence-electron chi connectivity index (χ4n) is 3.08. The lowest BCUT2D eigenvalue weighted by Gasteiger charge is -2.20. The molecule has 2 aliphatic carbocycles. The molecule has 3 heteroatoms. The van der Waals surface area contributed by atoms with Crippen molar-refractivity contribution >= 4 is 17.4 Å². The topological polar surface area (TPSA) is 30.0 Å². The molecule has 0 amide bonds. The van der Waals surface area contributed by atoms with Crippen LogP contribution in [0.1, 0.15) is 30.7 Å². The molecule has 3 rings (SSSR count). The van der Waals surface area contributed by atoms with Crippen LogP contribution in [0.25, 0.3) is 0 Å². The molecular formula is C12H12ClNO. The van der Waals surface area contributed by atoms with Crippen molar-refractivity contribution < 1.29 is 4.79 Å². The highest BCUT2D eigenvalue weighted by molar-refractivity contribution is 6.29. The summed E-state index contributed by atoms with van der Waals surface area (Å²) in [5, 5.41) is 0.522. The maximum atomic E-state index is 11.6. The summed E-state index contributed by atoms with van der Waals surface area (Å²) < 4.78 is 0. The van der Waals surface area contributed by atoms with E-state index in [9.17, 15) is 4.79 Å². The van der Waals surface area contributed by atoms with E-state index in [2.05, 4.69) is 4.98 Å². The molecule has 0 N–H and O–H groups in total. The third-order valence-electron chi connectivity index (χ3n) is 3.74. The van der Waals surface area contributed by atoms with Crippen molar-refractivity contribution in [2.24, 2.45) is 11.8 Å². The van der Waals surface area contributed by atoms with Crippen LogP contribution in [0.2, 0.25) is 5.15 Å². The number of hydrogen-bond acceptors (Lipinski definition) is 2. The predicted octanol–water partition coefficient (Wildman–Crippen LogP) is 2.82. The van der Waals surface area contributed by atoms with E-state index in [1.165, 1.54) is 5.56 Å². The van der Waals surface area contributed by atoms with Gasteiger partial charge in [0.2, 0.25) is 0 Å². The molecule has 2 saturated carbocycles. The minimum absolute atomic E-state index is 0.262. The summed E-state index contributed by atoms with van der Waals surface area (Å²) in [6.07, 6.45) is 4.87. The van der Waals surface area contributed by atoms with Crippen LogP contribution in [0, 0.1) is 11.8 Å². The average Bonchev–Trinajstić information content (AvgIpc) is 2.77. The number of fused-ring (bicyclic) bond motifs is 2. The third-order valence-corrected chi connectivity index (χ3v) is 3.97. The second-order valence-corrected chi connectivity index (χ2v) is 5.02. The maximum absolute atomic E-state index is 11.6. The molecule has 0 saturated heterocycles. The summed E-state index contributed by atoms with van der Waals surface area (Å²) in [6, 6.07) is 3.82. The average molecular weight is 222 g/mol. The van der Waals surface area contributed by atoms with Crippen LogP contribution in [-0.4, -0.2) is 10.8 Å². The number of carbonyl (C=O) groups is 1. The number of aromatic nitrogens is 1. The fraction of sp³-hybridized carbons (Fsp3) is 0.500. The summed E-state index contributed by atoms with van der Waals surface area (Å²) >= 11 is 5.75. The maximum Gasteiger partial charge on any atom is 0.136 e. The first-order valence-corrected chi connectivity index (χ1v) is 5.76. The minimum Gasteiger partial charge on any atom is -0.299 e. The van der Waals surface area contributed by atoms with E-state index in [0.717, 1.165) is 19.3 Å². The molecule has 2 aliphatic rings. The van der Waals surface area contributed by atoms with Gasteiger partial charge >= 0.3 is 0 Å². The molecule has 3 unspecified atom stereocenters. The van der Waals surface area contributed by atoms with Crippen LogP contribution < -0.4 is 0 Å². The minimum atomic E-state index is 0.262. The molecule has 0 radical (unpaired) electrons. The summed E-state index contributed by atoms with van der Waals surface area (Å²) in [4.78, 5) is 15.7. The summed E-state index contributed by atoms with van der Waals surface area (Å²) in [5.74, 6) is 1.74. The van der Waals surface area contributed by atoms with Gasteiger partial charge < -0.3 is 0 Å². The van der Waals surface area contributed by atoms with Crippen LogP contribution in [0.4, 0.5) is 0 Å². The van der Waals surface area contributed by atoms with Gasteiger partial charge in [-0.25, -0.2) is 4.98 Å². The molecule has 2 nitrogen and oxygen atoms in total. The van der Waals surface area contributed by atoms with E-state index in [0.29, 0.717) is 22.8 Å². The van der Waals surface area contributed by atoms with Gasteiger partial charge in [0.1, 0.15) is 10.9 Å². The van der Waals surface area contributed by atoms with E-state index in [4.69, 9.17) is 11.6 Å². The Morgan fingerprint density at radius 1 is 1.27 bits per heavy atom. The van der Waals surface area contributed by atoms with Crippen LogP contribution in [0.5, 0.6) is 0 Å². The number of nitrogens with zero attached hydrogens (tertiary/aromatic N) is 1. The Labute approximate surface area is 93.7 Å². The van der Waals surface area contributed by atoms with Crippen molar-refractivity contribution in [2.45, 2.75) is 25.2 Å². The third kappa shape index (κ3) is 1.48. The lowest BCUT2D eigenvalue weighted by Crippen LogP contribution is -2.18. The van der Waals surface area contributed by atoms with Gasteiger partial charge in [-0.1, -0.05) is 17.7 Å². The van der Waals surface area contributed by atoms with Crippen molar-refractivity contribution in [3.05, 3.63) is 29.0 Å². The summed E-state index contributed by atoms with van der Waals surface area (Å²) in [6.45, 7) is 0. The van der Waals surface area contributed by atoms with E-state index in [1.54, 1.807) is 0 Å². The van der Waals surface area contributed by atoms with Crippen molar-refractivity contribution in [1.29, 1.82) is 0 Å². The van der Waals surface area contributed by atoms with Gasteiger partial charge in [-0.2, -0.15) is 0 Å². The van der Waals surface area contributed by atoms with Crippen LogP contribution in [0.3, 0.4) is 0 Å². The Morgan fingerprint density at radius 2 is 2.07 bits per heavy atom. The van der Waals surface area contributed by atoms with Crippen molar-refractivity contribution in [3.63, 3.8) is 0 Å². The molecule has 15 heavy (non-hydrogen) atoms. The molecule has 2 bridgehead atoms. The Kier molecular flexibility index (Phi) is 2.06. The predicted molar refractivity (Wildman–Crippen MR) is 57.8 cm³/mol. The van der Waals surface area contributed by atoms with E-state index >= 15 is 0 Å². The van der Waals surface area contributed by atoms with E-state index < -0.39 is 0 Å². The highest BCUT2D eigenvalue weighted by Crippen LogP contribution is 2.50. The quantitative estimate of drug-likeness (QED) is 0.683. The molecule has 0 aliphatic heterocycles. The zero-order valence-corrected chi connectivity index (χ0v) is 9.07. The number of pyridine rings is 1. The lowest BCUT2D eigenvalue weighted by atomic mass is 9.83. The second-order valence-electron chi connectivity index (χ2n) is 4.64. The molecule has 1 aromatic heterocycles. The number of carbonyl (C=O) groups excluding carboxylic acids is 1. The molecule has 3 atom stereocenters. The fourth-order valence-corrected chi connectivity index (χ4v) is 3.19. The van der Waals surface area contributed by atoms with E-state index in [-0.39, 0.29) is 5.92 Å². The number of halogens is 1. The largest absolute Gasteiger partial charge is 0.299 e. The number of rotatable bonds is 1. The molecule has 1 heterocycles. The van der Waals surface area contributed by atoms with Crippen LogP contribution in [0.15, 0.2) is 18.3 Å². The Bertz CT molecular complexity index is 401. The highest BCUT2D eigenvalue weighted by atomic mass is 35.5. The zero-order chi connectivity index (χ0) is 10.4. The van der Waals surface area contributed by atoms with Gasteiger partial charge in [0.15, 0.2) is 0 Å².